The van der Waals surface area contributed by atoms with Gasteiger partial charge in [-0.3, -0.25) is 0 Å². The second kappa shape index (κ2) is 5.89. The van der Waals surface area contributed by atoms with Crippen molar-refractivity contribution in [1.82, 2.24) is 15.0 Å². The van der Waals surface area contributed by atoms with Crippen molar-refractivity contribution in [2.75, 3.05) is 0 Å². The summed E-state index contributed by atoms with van der Waals surface area (Å²) in [6.07, 6.45) is 0. The van der Waals surface area contributed by atoms with Gasteiger partial charge in [-0.1, -0.05) is 0 Å². The van der Waals surface area contributed by atoms with Crippen LogP contribution in [0, 0.1) is 34.6 Å². The molecule has 106 valence electrons. The molecule has 5 heteroatoms. The molecular formula is C15H20N4S. The first-order chi connectivity index (χ1) is 9.42. The van der Waals surface area contributed by atoms with Crippen LogP contribution in [0.5, 0.6) is 0 Å². The SMILES string of the molecule is Cc1cc(C)c(CN)c(Sc2nc(C)c(C)c(C)n2)n1. The second-order valence-electron chi connectivity index (χ2n) is 4.97. The molecule has 0 aromatic carbocycles. The van der Waals surface area contributed by atoms with Crippen molar-refractivity contribution in [2.45, 2.75) is 51.3 Å². The van der Waals surface area contributed by atoms with Gasteiger partial charge in [-0.25, -0.2) is 15.0 Å². The van der Waals surface area contributed by atoms with Gasteiger partial charge >= 0.3 is 0 Å². The van der Waals surface area contributed by atoms with E-state index in [4.69, 9.17) is 5.73 Å². The maximum Gasteiger partial charge on any atom is 0.194 e. The van der Waals surface area contributed by atoms with Crippen LogP contribution in [0.1, 0.15) is 33.8 Å². The highest BCUT2D eigenvalue weighted by Gasteiger charge is 2.12. The zero-order chi connectivity index (χ0) is 14.9. The lowest BCUT2D eigenvalue weighted by Crippen LogP contribution is -2.05. The predicted octanol–water partition coefficient (Wildman–Crippen LogP) is 3.02. The number of aryl methyl sites for hydroxylation is 4. The van der Waals surface area contributed by atoms with E-state index in [1.807, 2.05) is 27.7 Å². The average Bonchev–Trinajstić information content (AvgIpc) is 2.35. The zero-order valence-electron chi connectivity index (χ0n) is 12.6. The average molecular weight is 288 g/mol. The molecule has 0 aliphatic carbocycles. The van der Waals surface area contributed by atoms with E-state index >= 15 is 0 Å². The molecule has 0 spiro atoms. The minimum Gasteiger partial charge on any atom is -0.326 e. The summed E-state index contributed by atoms with van der Waals surface area (Å²) in [5.41, 5.74) is 12.2. The Bertz CT molecular complexity index is 630. The Labute approximate surface area is 124 Å². The maximum atomic E-state index is 5.84. The van der Waals surface area contributed by atoms with Crippen molar-refractivity contribution >= 4 is 11.8 Å². The molecule has 0 unspecified atom stereocenters. The molecule has 0 saturated carbocycles. The van der Waals surface area contributed by atoms with Crippen LogP contribution in [0.25, 0.3) is 0 Å². The third kappa shape index (κ3) is 2.99. The normalized spacial score (nSPS) is 10.9. The van der Waals surface area contributed by atoms with E-state index < -0.39 is 0 Å². The Morgan fingerprint density at radius 1 is 1.00 bits per heavy atom. The van der Waals surface area contributed by atoms with Crippen LogP contribution in [0.2, 0.25) is 0 Å². The third-order valence-electron chi connectivity index (χ3n) is 3.44. The van der Waals surface area contributed by atoms with Crippen molar-refractivity contribution in [3.63, 3.8) is 0 Å². The Hall–Kier alpha value is -1.46. The van der Waals surface area contributed by atoms with Crippen LogP contribution in [0.4, 0.5) is 0 Å². The summed E-state index contributed by atoms with van der Waals surface area (Å²) in [4.78, 5) is 13.7. The van der Waals surface area contributed by atoms with Gasteiger partial charge in [0.05, 0.1) is 0 Å². The number of nitrogens with two attached hydrogens (primary N) is 1. The van der Waals surface area contributed by atoms with Crippen molar-refractivity contribution in [3.8, 4) is 0 Å². The van der Waals surface area contributed by atoms with Gasteiger partial charge in [-0.15, -0.1) is 0 Å². The van der Waals surface area contributed by atoms with Crippen molar-refractivity contribution in [1.29, 1.82) is 0 Å². The Morgan fingerprint density at radius 2 is 1.60 bits per heavy atom. The number of pyridine rings is 1. The smallest absolute Gasteiger partial charge is 0.194 e. The molecule has 0 amide bonds. The summed E-state index contributed by atoms with van der Waals surface area (Å²) in [5, 5.41) is 1.64. The highest BCUT2D eigenvalue weighted by Crippen LogP contribution is 2.29. The van der Waals surface area contributed by atoms with Gasteiger partial charge in [0.15, 0.2) is 5.16 Å². The minimum absolute atomic E-state index is 0.477. The fraction of sp³-hybridized carbons (Fsp3) is 0.400. The fourth-order valence-corrected chi connectivity index (χ4v) is 3.13. The molecular weight excluding hydrogens is 268 g/mol. The van der Waals surface area contributed by atoms with Crippen LogP contribution in [0.15, 0.2) is 16.2 Å². The highest BCUT2D eigenvalue weighted by molar-refractivity contribution is 7.99. The van der Waals surface area contributed by atoms with Crippen LogP contribution >= 0.6 is 11.8 Å². The predicted molar refractivity (Wildman–Crippen MR) is 82.0 cm³/mol. The number of hydrogen-bond acceptors (Lipinski definition) is 5. The van der Waals surface area contributed by atoms with Gasteiger partial charge in [0.25, 0.3) is 0 Å². The van der Waals surface area contributed by atoms with Crippen LogP contribution in [-0.4, -0.2) is 15.0 Å². The van der Waals surface area contributed by atoms with E-state index in [0.29, 0.717) is 6.54 Å². The molecule has 2 rings (SSSR count). The highest BCUT2D eigenvalue weighted by atomic mass is 32.2. The van der Waals surface area contributed by atoms with Crippen molar-refractivity contribution in [2.24, 2.45) is 5.73 Å². The molecule has 2 heterocycles. The lowest BCUT2D eigenvalue weighted by atomic mass is 10.1. The Morgan fingerprint density at radius 3 is 2.15 bits per heavy atom. The van der Waals surface area contributed by atoms with Gasteiger partial charge < -0.3 is 5.73 Å². The van der Waals surface area contributed by atoms with Gasteiger partial charge in [0, 0.05) is 29.2 Å². The van der Waals surface area contributed by atoms with E-state index in [1.165, 1.54) is 17.3 Å². The van der Waals surface area contributed by atoms with E-state index in [2.05, 4.69) is 27.9 Å². The Balaban J connectivity index is 2.44. The number of nitrogens with zero attached hydrogens (tertiary/aromatic N) is 3. The maximum absolute atomic E-state index is 5.84. The topological polar surface area (TPSA) is 64.7 Å². The van der Waals surface area contributed by atoms with Crippen LogP contribution < -0.4 is 5.73 Å². The third-order valence-corrected chi connectivity index (χ3v) is 4.34. The molecule has 0 radical (unpaired) electrons. The second-order valence-corrected chi connectivity index (χ2v) is 5.93. The molecule has 2 aromatic rings. The Kier molecular flexibility index (Phi) is 4.40. The first-order valence-electron chi connectivity index (χ1n) is 6.59. The molecule has 0 atom stereocenters. The minimum atomic E-state index is 0.477. The first-order valence-corrected chi connectivity index (χ1v) is 7.41. The molecule has 0 saturated heterocycles. The van der Waals surface area contributed by atoms with Gasteiger partial charge in [-0.05, 0) is 63.6 Å². The number of rotatable bonds is 3. The molecule has 4 nitrogen and oxygen atoms in total. The summed E-state index contributed by atoms with van der Waals surface area (Å²) in [5.74, 6) is 0. The molecule has 0 aliphatic rings. The zero-order valence-corrected chi connectivity index (χ0v) is 13.4. The molecule has 0 fully saturated rings. The fourth-order valence-electron chi connectivity index (χ4n) is 2.04. The molecule has 2 N–H and O–H groups in total. The summed E-state index contributed by atoms with van der Waals surface area (Å²) in [6, 6.07) is 2.05. The lowest BCUT2D eigenvalue weighted by Gasteiger charge is -2.11. The van der Waals surface area contributed by atoms with Gasteiger partial charge in [-0.2, -0.15) is 0 Å². The van der Waals surface area contributed by atoms with Crippen molar-refractivity contribution in [3.05, 3.63) is 39.8 Å². The summed E-state index contributed by atoms with van der Waals surface area (Å²) >= 11 is 1.49. The number of aromatic nitrogens is 3. The number of hydrogen-bond donors (Lipinski definition) is 1. The van der Waals surface area contributed by atoms with E-state index in [-0.39, 0.29) is 0 Å². The van der Waals surface area contributed by atoms with E-state index in [9.17, 15) is 0 Å². The summed E-state index contributed by atoms with van der Waals surface area (Å²) in [7, 11) is 0. The van der Waals surface area contributed by atoms with Crippen LogP contribution in [0.3, 0.4) is 0 Å². The van der Waals surface area contributed by atoms with Gasteiger partial charge in [0.2, 0.25) is 0 Å². The lowest BCUT2D eigenvalue weighted by molar-refractivity contribution is 0.868. The monoisotopic (exact) mass is 288 g/mol. The largest absolute Gasteiger partial charge is 0.326 e. The quantitative estimate of drug-likeness (QED) is 0.879. The molecule has 20 heavy (non-hydrogen) atoms. The standard InChI is InChI=1S/C15H20N4S/c1-8-6-9(2)17-14(13(8)7-16)20-15-18-11(4)10(3)12(5)19-15/h6H,7,16H2,1-5H3. The van der Waals surface area contributed by atoms with Crippen LogP contribution in [-0.2, 0) is 6.54 Å². The molecule has 0 bridgehead atoms. The van der Waals surface area contributed by atoms with Crippen molar-refractivity contribution < 1.29 is 0 Å². The van der Waals surface area contributed by atoms with Gasteiger partial charge in [0.1, 0.15) is 5.03 Å². The summed E-state index contributed by atoms with van der Waals surface area (Å²) < 4.78 is 0. The van der Waals surface area contributed by atoms with E-state index in [0.717, 1.165) is 38.4 Å². The molecule has 2 aromatic heterocycles. The first kappa shape index (κ1) is 14.9. The summed E-state index contributed by atoms with van der Waals surface area (Å²) in [6.45, 7) is 10.6. The van der Waals surface area contributed by atoms with E-state index in [1.54, 1.807) is 0 Å². The molecule has 0 aliphatic heterocycles.